The smallest absolute Gasteiger partial charge is 0.195 e. The van der Waals surface area contributed by atoms with Gasteiger partial charge in [-0.3, -0.25) is 4.90 Å². The van der Waals surface area contributed by atoms with E-state index in [0.29, 0.717) is 19.2 Å². The van der Waals surface area contributed by atoms with Crippen LogP contribution in [0.2, 0.25) is 0 Å². The lowest BCUT2D eigenvalue weighted by Crippen LogP contribution is -2.46. The summed E-state index contributed by atoms with van der Waals surface area (Å²) in [5, 5.41) is 13.1. The Bertz CT molecular complexity index is 523. The molecule has 1 aliphatic heterocycles. The molecule has 1 saturated heterocycles. The molecule has 8 heteroatoms. The summed E-state index contributed by atoms with van der Waals surface area (Å²) >= 11 is 0. The summed E-state index contributed by atoms with van der Waals surface area (Å²) in [5.41, 5.74) is -0.0895. The number of phenols is 1. The van der Waals surface area contributed by atoms with E-state index in [1.807, 2.05) is 4.90 Å². The number of phenolic OH excluding ortho intramolecular Hbond substituents is 1. The van der Waals surface area contributed by atoms with E-state index in [9.17, 15) is 18.3 Å². The molecule has 2 fully saturated rings. The summed E-state index contributed by atoms with van der Waals surface area (Å²) in [6.07, 6.45) is 1.85. The first-order valence-corrected chi connectivity index (χ1v) is 6.90. The van der Waals surface area contributed by atoms with Crippen LogP contribution < -0.4 is 5.32 Å². The molecule has 126 valence electrons. The maximum absolute atomic E-state index is 14.1. The van der Waals surface area contributed by atoms with E-state index in [2.05, 4.69) is 5.32 Å². The molecule has 0 unspecified atom stereocenters. The normalized spacial score (nSPS) is 20.0. The molecule has 1 atom stereocenters. The van der Waals surface area contributed by atoms with Gasteiger partial charge in [0.1, 0.15) is 5.75 Å². The first-order valence-electron chi connectivity index (χ1n) is 6.90. The Kier molecular flexibility index (Phi) is 6.80. The SMILES string of the molecule is Cl.Cl.Oc1cc(F)c(F)c(F)c1[C@H](C1CC1)N1CCNCC1. The summed E-state index contributed by atoms with van der Waals surface area (Å²) < 4.78 is 40.7. The summed E-state index contributed by atoms with van der Waals surface area (Å²) in [7, 11) is 0. The lowest BCUT2D eigenvalue weighted by molar-refractivity contribution is 0.149. The number of nitrogens with zero attached hydrogens (tertiary/aromatic N) is 1. The average molecular weight is 359 g/mol. The first kappa shape index (κ1) is 19.4. The monoisotopic (exact) mass is 358 g/mol. The van der Waals surface area contributed by atoms with Gasteiger partial charge >= 0.3 is 0 Å². The van der Waals surface area contributed by atoms with Gasteiger partial charge < -0.3 is 10.4 Å². The summed E-state index contributed by atoms with van der Waals surface area (Å²) in [5.74, 6) is -4.38. The maximum atomic E-state index is 14.1. The Balaban J connectivity index is 0.00000121. The van der Waals surface area contributed by atoms with E-state index in [-0.39, 0.29) is 42.3 Å². The van der Waals surface area contributed by atoms with Crippen molar-refractivity contribution in [3.63, 3.8) is 0 Å². The molecule has 3 nitrogen and oxygen atoms in total. The lowest BCUT2D eigenvalue weighted by Gasteiger charge is -2.35. The quantitative estimate of drug-likeness (QED) is 0.815. The fourth-order valence-corrected chi connectivity index (χ4v) is 2.97. The Hall–Kier alpha value is -0.690. The van der Waals surface area contributed by atoms with Crippen molar-refractivity contribution in [3.8, 4) is 5.75 Å². The molecule has 1 saturated carbocycles. The van der Waals surface area contributed by atoms with Gasteiger partial charge in [-0.1, -0.05) is 0 Å². The van der Waals surface area contributed by atoms with Gasteiger partial charge in [-0.05, 0) is 18.8 Å². The Morgan fingerprint density at radius 3 is 2.23 bits per heavy atom. The highest BCUT2D eigenvalue weighted by molar-refractivity contribution is 5.85. The van der Waals surface area contributed by atoms with Crippen molar-refractivity contribution in [1.29, 1.82) is 0 Å². The molecule has 3 rings (SSSR count). The largest absolute Gasteiger partial charge is 0.507 e. The van der Waals surface area contributed by atoms with Crippen molar-refractivity contribution >= 4 is 24.8 Å². The zero-order valence-electron chi connectivity index (χ0n) is 11.8. The van der Waals surface area contributed by atoms with Gasteiger partial charge in [-0.2, -0.15) is 0 Å². The van der Waals surface area contributed by atoms with Crippen LogP contribution in [0, 0.1) is 23.4 Å². The number of halogens is 5. The Morgan fingerprint density at radius 1 is 1.09 bits per heavy atom. The molecular formula is C14H19Cl2F3N2O. The number of benzene rings is 1. The van der Waals surface area contributed by atoms with E-state index in [1.165, 1.54) is 0 Å². The van der Waals surface area contributed by atoms with E-state index in [4.69, 9.17) is 0 Å². The van der Waals surface area contributed by atoms with Crippen LogP contribution in [0.25, 0.3) is 0 Å². The van der Waals surface area contributed by atoms with E-state index < -0.39 is 23.2 Å². The molecule has 0 radical (unpaired) electrons. The van der Waals surface area contributed by atoms with Crippen molar-refractivity contribution in [2.24, 2.45) is 5.92 Å². The van der Waals surface area contributed by atoms with Crippen molar-refractivity contribution in [2.45, 2.75) is 18.9 Å². The molecule has 0 amide bonds. The van der Waals surface area contributed by atoms with E-state index in [0.717, 1.165) is 25.9 Å². The number of hydrogen-bond donors (Lipinski definition) is 2. The van der Waals surface area contributed by atoms with Crippen LogP contribution in [0.15, 0.2) is 6.07 Å². The van der Waals surface area contributed by atoms with Crippen LogP contribution in [0.5, 0.6) is 5.75 Å². The van der Waals surface area contributed by atoms with Crippen molar-refractivity contribution in [2.75, 3.05) is 26.2 Å². The fraction of sp³-hybridized carbons (Fsp3) is 0.571. The zero-order valence-corrected chi connectivity index (χ0v) is 13.5. The van der Waals surface area contributed by atoms with E-state index >= 15 is 0 Å². The highest BCUT2D eigenvalue weighted by Crippen LogP contribution is 2.48. The van der Waals surface area contributed by atoms with Crippen molar-refractivity contribution in [3.05, 3.63) is 29.1 Å². The zero-order chi connectivity index (χ0) is 14.3. The second kappa shape index (κ2) is 7.73. The molecule has 0 spiro atoms. The molecule has 1 aromatic rings. The second-order valence-electron chi connectivity index (χ2n) is 5.49. The minimum absolute atomic E-state index is 0. The first-order chi connectivity index (χ1) is 9.59. The Morgan fingerprint density at radius 2 is 1.68 bits per heavy atom. The average Bonchev–Trinajstić information content (AvgIpc) is 3.26. The molecule has 2 aliphatic rings. The van der Waals surface area contributed by atoms with Gasteiger partial charge in [0.05, 0.1) is 5.56 Å². The van der Waals surface area contributed by atoms with Gasteiger partial charge in [-0.15, -0.1) is 24.8 Å². The Labute approximate surface area is 139 Å². The van der Waals surface area contributed by atoms with Crippen LogP contribution in [-0.4, -0.2) is 36.2 Å². The van der Waals surface area contributed by atoms with Crippen LogP contribution in [0.4, 0.5) is 13.2 Å². The molecule has 2 N–H and O–H groups in total. The van der Waals surface area contributed by atoms with Gasteiger partial charge in [0, 0.05) is 38.3 Å². The molecule has 1 aliphatic carbocycles. The maximum Gasteiger partial charge on any atom is 0.195 e. The number of hydrogen-bond acceptors (Lipinski definition) is 3. The molecule has 22 heavy (non-hydrogen) atoms. The summed E-state index contributed by atoms with van der Waals surface area (Å²) in [6.45, 7) is 2.96. The van der Waals surface area contributed by atoms with Gasteiger partial charge in [0.2, 0.25) is 0 Å². The fourth-order valence-electron chi connectivity index (χ4n) is 2.97. The van der Waals surface area contributed by atoms with Gasteiger partial charge in [-0.25, -0.2) is 13.2 Å². The summed E-state index contributed by atoms with van der Waals surface area (Å²) in [6, 6.07) is 0.304. The highest BCUT2D eigenvalue weighted by Gasteiger charge is 2.40. The number of piperazine rings is 1. The minimum atomic E-state index is -1.50. The second-order valence-corrected chi connectivity index (χ2v) is 5.49. The van der Waals surface area contributed by atoms with Crippen LogP contribution >= 0.6 is 24.8 Å². The summed E-state index contributed by atoms with van der Waals surface area (Å²) in [4.78, 5) is 2.05. The minimum Gasteiger partial charge on any atom is -0.507 e. The molecular weight excluding hydrogens is 340 g/mol. The van der Waals surface area contributed by atoms with E-state index in [1.54, 1.807) is 0 Å². The lowest BCUT2D eigenvalue weighted by atomic mass is 9.97. The van der Waals surface area contributed by atoms with Crippen molar-refractivity contribution in [1.82, 2.24) is 10.2 Å². The topological polar surface area (TPSA) is 35.5 Å². The number of aromatic hydroxyl groups is 1. The number of rotatable bonds is 3. The van der Waals surface area contributed by atoms with Crippen LogP contribution in [0.1, 0.15) is 24.4 Å². The third-order valence-electron chi connectivity index (χ3n) is 4.09. The van der Waals surface area contributed by atoms with Crippen LogP contribution in [0.3, 0.4) is 0 Å². The highest BCUT2D eigenvalue weighted by atomic mass is 35.5. The molecule has 1 aromatic carbocycles. The molecule has 0 aromatic heterocycles. The predicted octanol–water partition coefficient (Wildman–Crippen LogP) is 3.01. The van der Waals surface area contributed by atoms with Gasteiger partial charge in [0.15, 0.2) is 17.5 Å². The third-order valence-corrected chi connectivity index (χ3v) is 4.09. The molecule has 0 bridgehead atoms. The number of nitrogens with one attached hydrogen (secondary N) is 1. The standard InChI is InChI=1S/C14H17F3N2O.2ClH/c15-9-7-10(20)11(13(17)12(9)16)14(8-1-2-8)19-5-3-18-4-6-19;;/h7-8,14,18,20H,1-6H2;2*1H/t14-;;/m0../s1. The third kappa shape index (κ3) is 3.62. The van der Waals surface area contributed by atoms with Gasteiger partial charge in [0.25, 0.3) is 0 Å². The predicted molar refractivity (Wildman–Crippen MR) is 82.4 cm³/mol. The van der Waals surface area contributed by atoms with Crippen molar-refractivity contribution < 1.29 is 18.3 Å². The van der Waals surface area contributed by atoms with Crippen LogP contribution in [-0.2, 0) is 0 Å². The molecule has 1 heterocycles.